The van der Waals surface area contributed by atoms with Crippen LogP contribution in [0.25, 0.3) is 0 Å². The van der Waals surface area contributed by atoms with E-state index in [-0.39, 0.29) is 47.8 Å². The zero-order valence-corrected chi connectivity index (χ0v) is 45.5. The quantitative estimate of drug-likeness (QED) is 0.0836. The Morgan fingerprint density at radius 3 is 1.65 bits per heavy atom. The maximum atomic E-state index is 14.6. The van der Waals surface area contributed by atoms with Crippen LogP contribution in [-0.2, 0) is 59.5 Å². The molecule has 2 aromatic rings. The molecule has 0 aliphatic carbocycles. The van der Waals surface area contributed by atoms with Crippen molar-refractivity contribution in [3.8, 4) is 0 Å². The molecule has 5 rings (SSSR count). The van der Waals surface area contributed by atoms with E-state index in [1.54, 1.807) is 0 Å². The molecule has 65 heavy (non-hydrogen) atoms. The molecule has 366 valence electrons. The Bertz CT molecular complexity index is 1750. The summed E-state index contributed by atoms with van der Waals surface area (Å²) in [5.41, 5.74) is 1.36. The lowest BCUT2D eigenvalue weighted by Crippen LogP contribution is -2.68. The third-order valence-corrected chi connectivity index (χ3v) is 29.8. The van der Waals surface area contributed by atoms with Crippen LogP contribution in [0.2, 0.25) is 46.3 Å². The predicted molar refractivity (Wildman–Crippen MR) is 266 cm³/mol. The molecule has 0 N–H and O–H groups in total. The first kappa shape index (κ1) is 54.1. The van der Waals surface area contributed by atoms with Gasteiger partial charge in [-0.1, -0.05) is 144 Å². The summed E-state index contributed by atoms with van der Waals surface area (Å²) in [6.45, 7) is 30.2. The summed E-state index contributed by atoms with van der Waals surface area (Å²) in [4.78, 5) is 29.1. The SMILES string of the molecule is CC[Si](CC)(CC)O[C@H]1CC[C@@](C)(OCc2ccccc2)[C@H](COCc2ccccc2)O[C@@H]1CC(=O)C(=O)C[C@H]1O[C@@H]2CO[Si](C(C)(C)C)(C(C)(C)C)O[C@H]2C[C@H]1O[Si](CC)(CC)CC. The van der Waals surface area contributed by atoms with Crippen LogP contribution >= 0.6 is 0 Å². The van der Waals surface area contributed by atoms with Crippen molar-refractivity contribution < 1.29 is 46.2 Å². The topological polar surface area (TPSA) is 108 Å². The molecule has 8 atom stereocenters. The number of carbonyl (C=O) groups excluding carboxylic acids is 2. The molecule has 3 saturated heterocycles. The fourth-order valence-electron chi connectivity index (χ4n) is 10.7. The molecular formula is C52H86O10Si3. The summed E-state index contributed by atoms with van der Waals surface area (Å²) in [5, 5.41) is -0.373. The van der Waals surface area contributed by atoms with E-state index >= 15 is 0 Å². The van der Waals surface area contributed by atoms with E-state index in [1.807, 2.05) is 48.5 Å². The molecule has 3 heterocycles. The number of fused-ring (bicyclic) bond motifs is 1. The molecule has 3 aliphatic heterocycles. The monoisotopic (exact) mass is 955 g/mol. The van der Waals surface area contributed by atoms with Gasteiger partial charge in [-0.25, -0.2) is 0 Å². The van der Waals surface area contributed by atoms with Gasteiger partial charge in [0, 0.05) is 29.3 Å². The average Bonchev–Trinajstić information content (AvgIpc) is 3.41. The molecule has 0 amide bonds. The maximum absolute atomic E-state index is 14.6. The number of hydrogen-bond donors (Lipinski definition) is 0. The molecule has 0 bridgehead atoms. The molecule has 3 fully saturated rings. The van der Waals surface area contributed by atoms with Crippen molar-refractivity contribution in [1.29, 1.82) is 0 Å². The molecule has 0 saturated carbocycles. The lowest BCUT2D eigenvalue weighted by molar-refractivity contribution is -0.198. The van der Waals surface area contributed by atoms with E-state index < -0.39 is 66.8 Å². The normalized spacial score (nSPS) is 27.7. The van der Waals surface area contributed by atoms with E-state index in [9.17, 15) is 9.59 Å². The first-order valence-electron chi connectivity index (χ1n) is 25.1. The highest BCUT2D eigenvalue weighted by molar-refractivity contribution is 6.74. The van der Waals surface area contributed by atoms with E-state index in [0.29, 0.717) is 39.1 Å². The number of rotatable bonds is 22. The lowest BCUT2D eigenvalue weighted by Gasteiger charge is -2.57. The maximum Gasteiger partial charge on any atom is 0.349 e. The van der Waals surface area contributed by atoms with Crippen LogP contribution < -0.4 is 0 Å². The van der Waals surface area contributed by atoms with Gasteiger partial charge in [-0.2, -0.15) is 0 Å². The van der Waals surface area contributed by atoms with Gasteiger partial charge >= 0.3 is 8.56 Å². The van der Waals surface area contributed by atoms with Crippen LogP contribution in [-0.4, -0.2) is 98.3 Å². The van der Waals surface area contributed by atoms with Crippen molar-refractivity contribution in [2.75, 3.05) is 13.2 Å². The summed E-state index contributed by atoms with van der Waals surface area (Å²) >= 11 is 0. The van der Waals surface area contributed by atoms with Gasteiger partial charge in [-0.15, -0.1) is 0 Å². The third kappa shape index (κ3) is 13.1. The minimum absolute atomic E-state index is 0.0766. The van der Waals surface area contributed by atoms with Crippen LogP contribution in [0, 0.1) is 0 Å². The Hall–Kier alpha value is -1.89. The van der Waals surface area contributed by atoms with Crippen molar-refractivity contribution in [3.63, 3.8) is 0 Å². The highest BCUT2D eigenvalue weighted by Gasteiger charge is 2.63. The summed E-state index contributed by atoms with van der Waals surface area (Å²) in [7, 11) is -7.14. The predicted octanol–water partition coefficient (Wildman–Crippen LogP) is 12.0. The lowest BCUT2D eigenvalue weighted by atomic mass is 9.91. The van der Waals surface area contributed by atoms with Gasteiger partial charge in [-0.05, 0) is 67.2 Å². The van der Waals surface area contributed by atoms with Gasteiger partial charge in [0.05, 0.1) is 62.5 Å². The minimum atomic E-state index is -2.79. The summed E-state index contributed by atoms with van der Waals surface area (Å²) in [6.07, 6.45) is -1.50. The number of benzene rings is 2. The standard InChI is InChI=1S/C52H86O10Si3/c1-14-63(15-2,16-3)60-43-30-31-52(13,56-36-40-28-24-21-25-29-40)49(38-55-35-39-26-22-20-23-27-39)59-44(43)32-41(53)42(54)33-45-46(61-64(17-4,18-5)19-6)34-47-48(58-45)37-57-65(62-47,50(7,8)9)51(10,11)12/h20-29,43-49H,14-19,30-38H2,1-13H3/t43-,44+,45+,46+,47-,48+,49-,52+/m0/s1. The van der Waals surface area contributed by atoms with Crippen molar-refractivity contribution in [2.24, 2.45) is 0 Å². The van der Waals surface area contributed by atoms with Crippen molar-refractivity contribution in [2.45, 2.75) is 230 Å². The Labute approximate surface area is 396 Å². The van der Waals surface area contributed by atoms with Crippen molar-refractivity contribution in [1.82, 2.24) is 0 Å². The minimum Gasteiger partial charge on any atom is -0.411 e. The summed E-state index contributed by atoms with van der Waals surface area (Å²) < 4.78 is 55.7. The molecule has 0 spiro atoms. The van der Waals surface area contributed by atoms with Crippen molar-refractivity contribution >= 4 is 36.8 Å². The van der Waals surface area contributed by atoms with Gasteiger partial charge in [0.1, 0.15) is 12.2 Å². The zero-order chi connectivity index (χ0) is 47.7. The van der Waals surface area contributed by atoms with Gasteiger partial charge in [0.2, 0.25) is 11.6 Å². The third-order valence-electron chi connectivity index (χ3n) is 15.3. The number of carbonyl (C=O) groups is 2. The van der Waals surface area contributed by atoms with Gasteiger partial charge in [0.15, 0.2) is 16.6 Å². The Morgan fingerprint density at radius 2 is 1.15 bits per heavy atom. The number of ether oxygens (including phenoxy) is 4. The molecule has 0 radical (unpaired) electrons. The summed E-state index contributed by atoms with van der Waals surface area (Å²) in [5.74, 6) is -0.947. The Balaban J connectivity index is 1.42. The number of Topliss-reactive ketones (excluding diaryl/α,β-unsaturated/α-hetero) is 2. The molecule has 2 aromatic carbocycles. The van der Waals surface area contributed by atoms with E-state index in [2.05, 4.69) is 102 Å². The molecule has 3 aliphatic rings. The first-order valence-corrected chi connectivity index (χ1v) is 32.0. The largest absolute Gasteiger partial charge is 0.411 e. The van der Waals surface area contributed by atoms with Crippen LogP contribution in [0.1, 0.15) is 133 Å². The first-order chi connectivity index (χ1) is 30.7. The van der Waals surface area contributed by atoms with Gasteiger partial charge in [0.25, 0.3) is 0 Å². The highest BCUT2D eigenvalue weighted by Crippen LogP contribution is 2.55. The molecule has 13 heteroatoms. The summed E-state index contributed by atoms with van der Waals surface area (Å²) in [6, 6.07) is 26.0. The molecule has 0 aromatic heterocycles. The van der Waals surface area contributed by atoms with E-state index in [4.69, 9.17) is 36.7 Å². The fourth-order valence-corrected chi connectivity index (χ4v) is 21.5. The molecular weight excluding hydrogens is 869 g/mol. The zero-order valence-electron chi connectivity index (χ0n) is 42.5. The van der Waals surface area contributed by atoms with E-state index in [0.717, 1.165) is 47.4 Å². The fraction of sp³-hybridized carbons (Fsp3) is 0.731. The Kier molecular flexibility index (Phi) is 19.2. The second kappa shape index (κ2) is 23.1. The van der Waals surface area contributed by atoms with E-state index in [1.165, 1.54) is 0 Å². The smallest absolute Gasteiger partial charge is 0.349 e. The van der Waals surface area contributed by atoms with Crippen LogP contribution in [0.15, 0.2) is 60.7 Å². The van der Waals surface area contributed by atoms with Gasteiger partial charge < -0.3 is 36.7 Å². The van der Waals surface area contributed by atoms with Crippen LogP contribution in [0.3, 0.4) is 0 Å². The number of hydrogen-bond acceptors (Lipinski definition) is 10. The molecule has 10 nitrogen and oxygen atoms in total. The van der Waals surface area contributed by atoms with Crippen LogP contribution in [0.5, 0.6) is 0 Å². The second-order valence-electron chi connectivity index (χ2n) is 21.4. The van der Waals surface area contributed by atoms with Crippen LogP contribution in [0.4, 0.5) is 0 Å². The highest BCUT2D eigenvalue weighted by atomic mass is 28.4. The Morgan fingerprint density at radius 1 is 0.677 bits per heavy atom. The van der Waals surface area contributed by atoms with Crippen molar-refractivity contribution in [3.05, 3.63) is 71.8 Å². The van der Waals surface area contributed by atoms with Gasteiger partial charge in [-0.3, -0.25) is 9.59 Å². The second-order valence-corrected chi connectivity index (χ2v) is 35.6. The number of ketones is 2. The molecule has 0 unspecified atom stereocenters. The average molecular weight is 956 g/mol.